The van der Waals surface area contributed by atoms with E-state index in [0.29, 0.717) is 12.0 Å². The zero-order chi connectivity index (χ0) is 14.8. The average Bonchev–Trinajstić information content (AvgIpc) is 2.86. The predicted molar refractivity (Wildman–Crippen MR) is 81.4 cm³/mol. The molecule has 114 valence electrons. The molecule has 0 amide bonds. The van der Waals surface area contributed by atoms with Crippen molar-refractivity contribution in [2.75, 3.05) is 13.1 Å². The summed E-state index contributed by atoms with van der Waals surface area (Å²) in [4.78, 5) is 6.98. The van der Waals surface area contributed by atoms with Gasteiger partial charge in [-0.1, -0.05) is 27.2 Å². The van der Waals surface area contributed by atoms with Gasteiger partial charge in [-0.25, -0.2) is 4.98 Å². The van der Waals surface area contributed by atoms with Crippen LogP contribution in [-0.2, 0) is 13.6 Å². The van der Waals surface area contributed by atoms with Crippen LogP contribution in [0.5, 0.6) is 0 Å². The molecule has 2 rings (SSSR count). The number of rotatable bonds is 5. The minimum Gasteiger partial charge on any atom is -0.311 e. The number of nitrogens with zero attached hydrogens (tertiary/aromatic N) is 4. The Balaban J connectivity index is 2.13. The Morgan fingerprint density at radius 1 is 1.50 bits per heavy atom. The van der Waals surface area contributed by atoms with Gasteiger partial charge in [0.25, 0.3) is 0 Å². The Bertz CT molecular complexity index is 430. The van der Waals surface area contributed by atoms with Crippen LogP contribution in [0.2, 0.25) is 0 Å². The zero-order valence-electron chi connectivity index (χ0n) is 13.6. The SMILES string of the molecule is CCC(C)C1CN(Cc2ncnn2C)C(C)(CC)CN1. The Labute approximate surface area is 122 Å². The van der Waals surface area contributed by atoms with E-state index in [4.69, 9.17) is 0 Å². The molecule has 0 aromatic carbocycles. The van der Waals surface area contributed by atoms with Crippen LogP contribution in [0, 0.1) is 5.92 Å². The van der Waals surface area contributed by atoms with Gasteiger partial charge in [-0.3, -0.25) is 9.58 Å². The van der Waals surface area contributed by atoms with Gasteiger partial charge in [-0.15, -0.1) is 0 Å². The summed E-state index contributed by atoms with van der Waals surface area (Å²) in [5.74, 6) is 1.76. The predicted octanol–water partition coefficient (Wildman–Crippen LogP) is 1.80. The van der Waals surface area contributed by atoms with Crippen molar-refractivity contribution in [3.63, 3.8) is 0 Å². The smallest absolute Gasteiger partial charge is 0.140 e. The van der Waals surface area contributed by atoms with Gasteiger partial charge >= 0.3 is 0 Å². The third kappa shape index (κ3) is 3.04. The third-order valence-electron chi connectivity index (χ3n) is 5.16. The van der Waals surface area contributed by atoms with E-state index in [-0.39, 0.29) is 5.54 Å². The monoisotopic (exact) mass is 279 g/mol. The highest BCUT2D eigenvalue weighted by Gasteiger charge is 2.38. The molecule has 1 aromatic rings. The minimum absolute atomic E-state index is 0.204. The van der Waals surface area contributed by atoms with Crippen LogP contribution < -0.4 is 5.32 Å². The molecule has 5 nitrogen and oxygen atoms in total. The van der Waals surface area contributed by atoms with Gasteiger partial charge in [-0.2, -0.15) is 5.10 Å². The fraction of sp³-hybridized carbons (Fsp3) is 0.867. The summed E-state index contributed by atoms with van der Waals surface area (Å²) in [6.07, 6.45) is 4.01. The van der Waals surface area contributed by atoms with Crippen LogP contribution in [0.15, 0.2) is 6.33 Å². The molecule has 0 spiro atoms. The van der Waals surface area contributed by atoms with E-state index in [1.165, 1.54) is 6.42 Å². The number of aryl methyl sites for hydroxylation is 1. The summed E-state index contributed by atoms with van der Waals surface area (Å²) in [5, 5.41) is 7.94. The fourth-order valence-corrected chi connectivity index (χ4v) is 2.89. The summed E-state index contributed by atoms with van der Waals surface area (Å²) in [7, 11) is 1.97. The second-order valence-electron chi connectivity index (χ2n) is 6.40. The maximum Gasteiger partial charge on any atom is 0.140 e. The van der Waals surface area contributed by atoms with E-state index in [0.717, 1.165) is 31.9 Å². The second kappa shape index (κ2) is 6.22. The van der Waals surface area contributed by atoms with Crippen molar-refractivity contribution >= 4 is 0 Å². The van der Waals surface area contributed by atoms with Crippen molar-refractivity contribution in [2.45, 2.75) is 58.7 Å². The van der Waals surface area contributed by atoms with Crippen molar-refractivity contribution < 1.29 is 0 Å². The van der Waals surface area contributed by atoms with Gasteiger partial charge in [0.05, 0.1) is 6.54 Å². The lowest BCUT2D eigenvalue weighted by Gasteiger charge is -2.49. The normalized spacial score (nSPS) is 29.6. The number of hydrogen-bond acceptors (Lipinski definition) is 4. The Morgan fingerprint density at radius 2 is 2.25 bits per heavy atom. The lowest BCUT2D eigenvalue weighted by atomic mass is 9.88. The lowest BCUT2D eigenvalue weighted by Crippen LogP contribution is -2.64. The van der Waals surface area contributed by atoms with Crippen molar-refractivity contribution in [1.82, 2.24) is 25.0 Å². The van der Waals surface area contributed by atoms with Gasteiger partial charge in [0.1, 0.15) is 12.2 Å². The molecule has 0 saturated carbocycles. The van der Waals surface area contributed by atoms with Crippen molar-refractivity contribution in [3.05, 3.63) is 12.2 Å². The molecule has 1 aliphatic heterocycles. The first-order valence-electron chi connectivity index (χ1n) is 7.81. The largest absolute Gasteiger partial charge is 0.311 e. The summed E-state index contributed by atoms with van der Waals surface area (Å²) >= 11 is 0. The van der Waals surface area contributed by atoms with Crippen LogP contribution in [0.1, 0.15) is 46.4 Å². The van der Waals surface area contributed by atoms with Crippen LogP contribution in [-0.4, -0.2) is 44.3 Å². The zero-order valence-corrected chi connectivity index (χ0v) is 13.6. The topological polar surface area (TPSA) is 46.0 Å². The van der Waals surface area contributed by atoms with Crippen LogP contribution in [0.4, 0.5) is 0 Å². The number of nitrogens with one attached hydrogen (secondary N) is 1. The maximum absolute atomic E-state index is 4.39. The first kappa shape index (κ1) is 15.4. The van der Waals surface area contributed by atoms with Gasteiger partial charge in [0, 0.05) is 31.7 Å². The van der Waals surface area contributed by atoms with Crippen LogP contribution >= 0.6 is 0 Å². The van der Waals surface area contributed by atoms with Crippen molar-refractivity contribution in [2.24, 2.45) is 13.0 Å². The molecule has 3 atom stereocenters. The molecule has 0 radical (unpaired) electrons. The van der Waals surface area contributed by atoms with E-state index in [1.54, 1.807) is 6.33 Å². The Morgan fingerprint density at radius 3 is 2.80 bits per heavy atom. The van der Waals surface area contributed by atoms with Crippen LogP contribution in [0.25, 0.3) is 0 Å². The van der Waals surface area contributed by atoms with E-state index < -0.39 is 0 Å². The quantitative estimate of drug-likeness (QED) is 0.893. The molecule has 20 heavy (non-hydrogen) atoms. The Hall–Kier alpha value is -0.940. The van der Waals surface area contributed by atoms with E-state index in [9.17, 15) is 0 Å². The minimum atomic E-state index is 0.204. The molecule has 1 aromatic heterocycles. The van der Waals surface area contributed by atoms with Crippen LogP contribution in [0.3, 0.4) is 0 Å². The molecule has 1 aliphatic rings. The average molecular weight is 279 g/mol. The maximum atomic E-state index is 4.39. The third-order valence-corrected chi connectivity index (χ3v) is 5.16. The highest BCUT2D eigenvalue weighted by Crippen LogP contribution is 2.27. The summed E-state index contributed by atoms with van der Waals surface area (Å²) in [5.41, 5.74) is 0.204. The van der Waals surface area contributed by atoms with Gasteiger partial charge < -0.3 is 5.32 Å². The lowest BCUT2D eigenvalue weighted by molar-refractivity contribution is 0.0265. The summed E-state index contributed by atoms with van der Waals surface area (Å²) in [6, 6.07) is 0.577. The fourth-order valence-electron chi connectivity index (χ4n) is 2.89. The van der Waals surface area contributed by atoms with Crippen molar-refractivity contribution in [1.29, 1.82) is 0 Å². The number of aromatic nitrogens is 3. The molecule has 1 fully saturated rings. The molecular weight excluding hydrogens is 250 g/mol. The second-order valence-corrected chi connectivity index (χ2v) is 6.40. The molecule has 0 aliphatic carbocycles. The molecule has 3 unspecified atom stereocenters. The standard InChI is InChI=1S/C15H29N5/c1-6-12(3)13-8-20(15(4,7-2)10-16-13)9-14-17-11-18-19(14)5/h11-13,16H,6-10H2,1-5H3. The van der Waals surface area contributed by atoms with E-state index in [1.807, 2.05) is 11.7 Å². The molecule has 1 saturated heterocycles. The van der Waals surface area contributed by atoms with E-state index in [2.05, 4.69) is 48.0 Å². The number of hydrogen-bond donors (Lipinski definition) is 1. The molecule has 5 heteroatoms. The number of piperazine rings is 1. The van der Waals surface area contributed by atoms with Crippen molar-refractivity contribution in [3.8, 4) is 0 Å². The molecule has 1 N–H and O–H groups in total. The summed E-state index contributed by atoms with van der Waals surface area (Å²) < 4.78 is 1.89. The first-order valence-corrected chi connectivity index (χ1v) is 7.81. The molecule has 2 heterocycles. The summed E-state index contributed by atoms with van der Waals surface area (Å²) in [6.45, 7) is 12.3. The van der Waals surface area contributed by atoms with Gasteiger partial charge in [0.15, 0.2) is 0 Å². The molecular formula is C15H29N5. The molecule has 0 bridgehead atoms. The van der Waals surface area contributed by atoms with E-state index >= 15 is 0 Å². The van der Waals surface area contributed by atoms with Gasteiger partial charge in [-0.05, 0) is 19.3 Å². The highest BCUT2D eigenvalue weighted by molar-refractivity contribution is 4.98. The Kier molecular flexibility index (Phi) is 4.81. The van der Waals surface area contributed by atoms with Gasteiger partial charge in [0.2, 0.25) is 0 Å². The first-order chi connectivity index (χ1) is 9.50. The highest BCUT2D eigenvalue weighted by atomic mass is 15.4.